The van der Waals surface area contributed by atoms with Gasteiger partial charge in [-0.3, -0.25) is 4.79 Å². The van der Waals surface area contributed by atoms with Gasteiger partial charge in [0.1, 0.15) is 17.2 Å². The van der Waals surface area contributed by atoms with Crippen LogP contribution in [0.15, 0.2) is 66.7 Å². The molecule has 4 heteroatoms. The Labute approximate surface area is 159 Å². The van der Waals surface area contributed by atoms with E-state index in [1.807, 2.05) is 87.5 Å². The van der Waals surface area contributed by atoms with Gasteiger partial charge in [-0.1, -0.05) is 6.07 Å². The van der Waals surface area contributed by atoms with Crippen molar-refractivity contribution in [2.45, 2.75) is 20.8 Å². The van der Waals surface area contributed by atoms with Gasteiger partial charge < -0.3 is 14.8 Å². The molecule has 3 rings (SSSR count). The summed E-state index contributed by atoms with van der Waals surface area (Å²) >= 11 is 0. The average molecular weight is 361 g/mol. The van der Waals surface area contributed by atoms with Crippen LogP contribution in [0.1, 0.15) is 28.4 Å². The van der Waals surface area contributed by atoms with Crippen LogP contribution in [-0.2, 0) is 0 Å². The molecular weight excluding hydrogens is 338 g/mol. The molecule has 0 aliphatic carbocycles. The number of carbonyl (C=O) groups excluding carboxylic acids is 1. The predicted octanol–water partition coefficient (Wildman–Crippen LogP) is 5.75. The number of benzene rings is 3. The van der Waals surface area contributed by atoms with Crippen LogP contribution < -0.4 is 14.8 Å². The summed E-state index contributed by atoms with van der Waals surface area (Å²) in [6.07, 6.45) is 0. The molecule has 0 atom stereocenters. The van der Waals surface area contributed by atoms with E-state index in [1.165, 1.54) is 5.56 Å². The fourth-order valence-electron chi connectivity index (χ4n) is 2.60. The number of hydrogen-bond acceptors (Lipinski definition) is 3. The standard InChI is InChI=1S/C23H23NO3/c1-4-26-20-11-13-22(14-12-20)27-21-9-7-19(8-10-21)24-23(25)18-6-5-16(2)17(3)15-18/h5-15H,4H2,1-3H3,(H,24,25). The highest BCUT2D eigenvalue weighted by molar-refractivity contribution is 6.04. The van der Waals surface area contributed by atoms with Crippen LogP contribution in [0.3, 0.4) is 0 Å². The normalized spacial score (nSPS) is 10.3. The van der Waals surface area contributed by atoms with Crippen molar-refractivity contribution in [1.82, 2.24) is 0 Å². The van der Waals surface area contributed by atoms with Crippen molar-refractivity contribution in [2.75, 3.05) is 11.9 Å². The molecule has 0 aromatic heterocycles. The molecule has 138 valence electrons. The summed E-state index contributed by atoms with van der Waals surface area (Å²) in [6.45, 7) is 6.61. The molecule has 0 aliphatic heterocycles. The summed E-state index contributed by atoms with van der Waals surface area (Å²) in [5.74, 6) is 2.11. The SMILES string of the molecule is CCOc1ccc(Oc2ccc(NC(=O)c3ccc(C)c(C)c3)cc2)cc1. The van der Waals surface area contributed by atoms with E-state index in [1.54, 1.807) is 0 Å². The molecule has 0 fully saturated rings. The second-order valence-electron chi connectivity index (χ2n) is 6.28. The van der Waals surface area contributed by atoms with E-state index in [0.29, 0.717) is 17.9 Å². The van der Waals surface area contributed by atoms with E-state index >= 15 is 0 Å². The first-order valence-corrected chi connectivity index (χ1v) is 8.94. The van der Waals surface area contributed by atoms with Gasteiger partial charge in [-0.05, 0) is 92.6 Å². The van der Waals surface area contributed by atoms with Gasteiger partial charge in [0.15, 0.2) is 0 Å². The Balaban J connectivity index is 1.62. The smallest absolute Gasteiger partial charge is 0.255 e. The summed E-state index contributed by atoms with van der Waals surface area (Å²) in [7, 11) is 0. The molecule has 3 aromatic carbocycles. The molecule has 1 N–H and O–H groups in total. The molecule has 0 spiro atoms. The summed E-state index contributed by atoms with van der Waals surface area (Å²) in [6, 6.07) is 20.5. The van der Waals surface area contributed by atoms with Crippen molar-refractivity contribution >= 4 is 11.6 Å². The van der Waals surface area contributed by atoms with E-state index in [-0.39, 0.29) is 5.91 Å². The third kappa shape index (κ3) is 4.88. The lowest BCUT2D eigenvalue weighted by atomic mass is 10.1. The maximum absolute atomic E-state index is 12.4. The first-order valence-electron chi connectivity index (χ1n) is 8.94. The minimum atomic E-state index is -0.127. The fourth-order valence-corrected chi connectivity index (χ4v) is 2.60. The van der Waals surface area contributed by atoms with E-state index < -0.39 is 0 Å². The predicted molar refractivity (Wildman–Crippen MR) is 108 cm³/mol. The van der Waals surface area contributed by atoms with Gasteiger partial charge in [0, 0.05) is 11.3 Å². The van der Waals surface area contributed by atoms with Crippen molar-refractivity contribution < 1.29 is 14.3 Å². The number of ether oxygens (including phenoxy) is 2. The van der Waals surface area contributed by atoms with Gasteiger partial charge >= 0.3 is 0 Å². The van der Waals surface area contributed by atoms with Gasteiger partial charge in [-0.25, -0.2) is 0 Å². The Hall–Kier alpha value is -3.27. The lowest BCUT2D eigenvalue weighted by molar-refractivity contribution is 0.102. The van der Waals surface area contributed by atoms with E-state index in [0.717, 1.165) is 22.7 Å². The summed E-state index contributed by atoms with van der Waals surface area (Å²) in [4.78, 5) is 12.4. The van der Waals surface area contributed by atoms with E-state index in [2.05, 4.69) is 5.32 Å². The maximum Gasteiger partial charge on any atom is 0.255 e. The monoisotopic (exact) mass is 361 g/mol. The molecule has 4 nitrogen and oxygen atoms in total. The van der Waals surface area contributed by atoms with Crippen LogP contribution in [-0.4, -0.2) is 12.5 Å². The zero-order chi connectivity index (χ0) is 19.2. The van der Waals surface area contributed by atoms with Gasteiger partial charge in [-0.2, -0.15) is 0 Å². The fraction of sp³-hybridized carbons (Fsp3) is 0.174. The highest BCUT2D eigenvalue weighted by Gasteiger charge is 2.07. The number of amides is 1. The van der Waals surface area contributed by atoms with Crippen molar-refractivity contribution in [3.05, 3.63) is 83.4 Å². The molecule has 0 bridgehead atoms. The Kier molecular flexibility index (Phi) is 5.77. The third-order valence-corrected chi connectivity index (χ3v) is 4.25. The number of aryl methyl sites for hydroxylation is 2. The average Bonchev–Trinajstić information content (AvgIpc) is 2.67. The molecular formula is C23H23NO3. The minimum Gasteiger partial charge on any atom is -0.494 e. The van der Waals surface area contributed by atoms with Gasteiger partial charge in [-0.15, -0.1) is 0 Å². The molecule has 0 saturated heterocycles. The zero-order valence-electron chi connectivity index (χ0n) is 15.8. The second-order valence-corrected chi connectivity index (χ2v) is 6.28. The van der Waals surface area contributed by atoms with E-state index in [9.17, 15) is 4.79 Å². The molecule has 0 heterocycles. The summed E-state index contributed by atoms with van der Waals surface area (Å²) < 4.78 is 11.2. The molecule has 3 aromatic rings. The second kappa shape index (κ2) is 8.41. The highest BCUT2D eigenvalue weighted by Crippen LogP contribution is 2.25. The van der Waals surface area contributed by atoms with Crippen molar-refractivity contribution in [3.63, 3.8) is 0 Å². The number of rotatable bonds is 6. The first kappa shape index (κ1) is 18.5. The first-order chi connectivity index (χ1) is 13.0. The van der Waals surface area contributed by atoms with Crippen LogP contribution in [0.5, 0.6) is 17.2 Å². The van der Waals surface area contributed by atoms with Crippen LogP contribution >= 0.6 is 0 Å². The maximum atomic E-state index is 12.4. The Bertz CT molecular complexity index is 915. The lowest BCUT2D eigenvalue weighted by Gasteiger charge is -2.10. The van der Waals surface area contributed by atoms with Gasteiger partial charge in [0.25, 0.3) is 5.91 Å². The van der Waals surface area contributed by atoms with Gasteiger partial charge in [0.2, 0.25) is 0 Å². The molecule has 0 aliphatic rings. The quantitative estimate of drug-likeness (QED) is 0.608. The topological polar surface area (TPSA) is 47.6 Å². The van der Waals surface area contributed by atoms with Crippen LogP contribution in [0.25, 0.3) is 0 Å². The Morgan fingerprint density at radius 3 is 2.00 bits per heavy atom. The van der Waals surface area contributed by atoms with E-state index in [4.69, 9.17) is 9.47 Å². The zero-order valence-corrected chi connectivity index (χ0v) is 15.8. The highest BCUT2D eigenvalue weighted by atomic mass is 16.5. The van der Waals surface area contributed by atoms with Crippen LogP contribution in [0.4, 0.5) is 5.69 Å². The number of nitrogens with one attached hydrogen (secondary N) is 1. The molecule has 1 amide bonds. The molecule has 0 saturated carbocycles. The lowest BCUT2D eigenvalue weighted by Crippen LogP contribution is -2.12. The molecule has 27 heavy (non-hydrogen) atoms. The molecule has 0 unspecified atom stereocenters. The van der Waals surface area contributed by atoms with Crippen LogP contribution in [0.2, 0.25) is 0 Å². The van der Waals surface area contributed by atoms with Crippen molar-refractivity contribution in [2.24, 2.45) is 0 Å². The Morgan fingerprint density at radius 1 is 0.815 bits per heavy atom. The van der Waals surface area contributed by atoms with Gasteiger partial charge in [0.05, 0.1) is 6.61 Å². The largest absolute Gasteiger partial charge is 0.494 e. The summed E-state index contributed by atoms with van der Waals surface area (Å²) in [5, 5.41) is 2.91. The number of hydrogen-bond donors (Lipinski definition) is 1. The number of anilines is 1. The third-order valence-electron chi connectivity index (χ3n) is 4.25. The number of carbonyl (C=O) groups is 1. The van der Waals surface area contributed by atoms with Crippen LogP contribution in [0, 0.1) is 13.8 Å². The van der Waals surface area contributed by atoms with Crippen molar-refractivity contribution in [1.29, 1.82) is 0 Å². The minimum absolute atomic E-state index is 0.127. The summed E-state index contributed by atoms with van der Waals surface area (Å²) in [5.41, 5.74) is 3.63. The Morgan fingerprint density at radius 2 is 1.41 bits per heavy atom. The molecule has 0 radical (unpaired) electrons. The van der Waals surface area contributed by atoms with Crippen molar-refractivity contribution in [3.8, 4) is 17.2 Å².